The number of hydrogen-bond acceptors (Lipinski definition) is 7. The number of anilines is 1. The molecule has 2 rings (SSSR count). The van der Waals surface area contributed by atoms with Gasteiger partial charge in [0, 0.05) is 17.3 Å². The second kappa shape index (κ2) is 7.93. The Hall–Kier alpha value is -3.40. The summed E-state index contributed by atoms with van der Waals surface area (Å²) in [6.07, 6.45) is 0. The van der Waals surface area contributed by atoms with Crippen molar-refractivity contribution in [3.63, 3.8) is 0 Å². The molecule has 7 heteroatoms. The molecule has 1 atom stereocenters. The Morgan fingerprint density at radius 1 is 1.12 bits per heavy atom. The molecular weight excluding hydrogens is 324 g/mol. The van der Waals surface area contributed by atoms with E-state index in [-0.39, 0.29) is 11.3 Å². The van der Waals surface area contributed by atoms with Crippen molar-refractivity contribution >= 4 is 11.7 Å². The summed E-state index contributed by atoms with van der Waals surface area (Å²) in [6, 6.07) is 10.5. The fourth-order valence-electron chi connectivity index (χ4n) is 2.30. The van der Waals surface area contributed by atoms with Gasteiger partial charge in [-0.05, 0) is 30.3 Å². The number of hydrogen-bond donors (Lipinski definition) is 2. The van der Waals surface area contributed by atoms with Crippen LogP contribution in [0.25, 0.3) is 0 Å². The molecule has 0 aliphatic rings. The average Bonchev–Trinajstić information content (AvgIpc) is 2.65. The van der Waals surface area contributed by atoms with E-state index in [1.165, 1.54) is 33.5 Å². The molecule has 1 unspecified atom stereocenters. The first kappa shape index (κ1) is 17.9. The molecule has 0 spiro atoms. The number of phenolic OH excluding ortho intramolecular Hbond substituents is 1. The van der Waals surface area contributed by atoms with E-state index in [4.69, 9.17) is 19.5 Å². The van der Waals surface area contributed by atoms with Gasteiger partial charge in [-0.1, -0.05) is 0 Å². The normalized spacial score (nSPS) is 11.1. The van der Waals surface area contributed by atoms with Gasteiger partial charge >= 0.3 is 5.97 Å². The van der Waals surface area contributed by atoms with E-state index in [2.05, 4.69) is 5.32 Å². The lowest BCUT2D eigenvalue weighted by Gasteiger charge is -2.20. The summed E-state index contributed by atoms with van der Waals surface area (Å²) in [5, 5.41) is 22.1. The quantitative estimate of drug-likeness (QED) is 0.778. The van der Waals surface area contributed by atoms with E-state index in [0.29, 0.717) is 22.7 Å². The number of carbonyl (C=O) groups is 1. The summed E-state index contributed by atoms with van der Waals surface area (Å²) in [4.78, 5) is 12.2. The molecule has 25 heavy (non-hydrogen) atoms. The third-order valence-corrected chi connectivity index (χ3v) is 3.61. The highest BCUT2D eigenvalue weighted by atomic mass is 16.5. The molecule has 0 heterocycles. The predicted molar refractivity (Wildman–Crippen MR) is 90.7 cm³/mol. The van der Waals surface area contributed by atoms with Gasteiger partial charge in [0.05, 0.1) is 33.0 Å². The minimum absolute atomic E-state index is 0.144. The fraction of sp³-hybridized carbons (Fsp3) is 0.222. The zero-order chi connectivity index (χ0) is 18.4. The van der Waals surface area contributed by atoms with Crippen LogP contribution >= 0.6 is 0 Å². The van der Waals surface area contributed by atoms with Crippen LogP contribution in [0.4, 0.5) is 5.69 Å². The highest BCUT2D eigenvalue weighted by Crippen LogP contribution is 2.38. The van der Waals surface area contributed by atoms with Gasteiger partial charge in [-0.3, -0.25) is 0 Å². The summed E-state index contributed by atoms with van der Waals surface area (Å²) in [6.45, 7) is 0. The van der Waals surface area contributed by atoms with Crippen LogP contribution in [0.15, 0.2) is 36.4 Å². The van der Waals surface area contributed by atoms with Crippen LogP contribution in [-0.2, 0) is 9.53 Å². The molecule has 0 aliphatic heterocycles. The largest absolute Gasteiger partial charge is 0.507 e. The van der Waals surface area contributed by atoms with Gasteiger partial charge in [-0.2, -0.15) is 5.26 Å². The first-order valence-corrected chi connectivity index (χ1v) is 7.33. The van der Waals surface area contributed by atoms with E-state index >= 15 is 0 Å². The van der Waals surface area contributed by atoms with E-state index in [1.54, 1.807) is 24.3 Å². The molecule has 0 bridgehead atoms. The second-order valence-corrected chi connectivity index (χ2v) is 5.06. The van der Waals surface area contributed by atoms with E-state index in [9.17, 15) is 9.90 Å². The minimum atomic E-state index is -0.974. The Bertz CT molecular complexity index is 796. The predicted octanol–water partition coefficient (Wildman–Crippen LogP) is 2.61. The number of ether oxygens (including phenoxy) is 3. The van der Waals surface area contributed by atoms with Crippen LogP contribution < -0.4 is 14.8 Å². The maximum atomic E-state index is 12.2. The number of aromatic hydroxyl groups is 1. The van der Waals surface area contributed by atoms with E-state index < -0.39 is 12.0 Å². The van der Waals surface area contributed by atoms with E-state index in [1.807, 2.05) is 6.07 Å². The molecule has 0 saturated heterocycles. The molecule has 0 aromatic heterocycles. The summed E-state index contributed by atoms with van der Waals surface area (Å²) in [5.41, 5.74) is 1.35. The zero-order valence-corrected chi connectivity index (χ0v) is 14.1. The van der Waals surface area contributed by atoms with Crippen LogP contribution in [0.2, 0.25) is 0 Å². The third-order valence-electron chi connectivity index (χ3n) is 3.61. The molecule has 7 nitrogen and oxygen atoms in total. The lowest BCUT2D eigenvalue weighted by atomic mass is 10.0. The molecular formula is C18H18N2O5. The fourth-order valence-corrected chi connectivity index (χ4v) is 2.30. The number of phenols is 1. The Kier molecular flexibility index (Phi) is 5.69. The molecule has 0 amide bonds. The monoisotopic (exact) mass is 342 g/mol. The first-order valence-electron chi connectivity index (χ1n) is 7.33. The smallest absolute Gasteiger partial charge is 0.333 e. The Labute approximate surface area is 145 Å². The molecule has 0 saturated carbocycles. The lowest BCUT2D eigenvalue weighted by molar-refractivity contribution is -0.141. The summed E-state index contributed by atoms with van der Waals surface area (Å²) < 4.78 is 15.2. The lowest BCUT2D eigenvalue weighted by Crippen LogP contribution is -2.22. The number of carbonyl (C=O) groups excluding carboxylic acids is 1. The topological polar surface area (TPSA) is 101 Å². The number of rotatable bonds is 6. The molecule has 2 N–H and O–H groups in total. The standard InChI is InChI=1S/C18H18N2O5/c1-23-15-8-13(14(21)9-16(15)24-2)17(18(22)25-3)20-12-6-4-11(10-19)5-7-12/h4-9,17,20-21H,1-3H3. The van der Waals surface area contributed by atoms with Gasteiger partial charge in [-0.25, -0.2) is 4.79 Å². The maximum Gasteiger partial charge on any atom is 0.333 e. The number of esters is 1. The van der Waals surface area contributed by atoms with Crippen LogP contribution in [-0.4, -0.2) is 32.4 Å². The molecule has 130 valence electrons. The molecule has 0 aliphatic carbocycles. The van der Waals surface area contributed by atoms with Crippen molar-refractivity contribution in [1.82, 2.24) is 0 Å². The van der Waals surface area contributed by atoms with Crippen molar-refractivity contribution in [1.29, 1.82) is 5.26 Å². The van der Waals surface area contributed by atoms with Crippen LogP contribution in [0.3, 0.4) is 0 Å². The average molecular weight is 342 g/mol. The van der Waals surface area contributed by atoms with Gasteiger partial charge in [0.15, 0.2) is 17.5 Å². The molecule has 2 aromatic carbocycles. The molecule has 0 fully saturated rings. The number of benzene rings is 2. The third kappa shape index (κ3) is 3.93. The van der Waals surface area contributed by atoms with Crippen molar-refractivity contribution in [2.24, 2.45) is 0 Å². The van der Waals surface area contributed by atoms with Gasteiger partial charge in [0.25, 0.3) is 0 Å². The Morgan fingerprint density at radius 2 is 1.72 bits per heavy atom. The van der Waals surface area contributed by atoms with Crippen molar-refractivity contribution in [3.8, 4) is 23.3 Å². The van der Waals surface area contributed by atoms with Gasteiger partial charge in [0.1, 0.15) is 5.75 Å². The highest BCUT2D eigenvalue weighted by molar-refractivity contribution is 5.82. The Morgan fingerprint density at radius 3 is 2.24 bits per heavy atom. The second-order valence-electron chi connectivity index (χ2n) is 5.06. The summed E-state index contributed by atoms with van der Waals surface area (Å²) in [5.74, 6) is -0.0300. The van der Waals surface area contributed by atoms with Crippen molar-refractivity contribution in [2.75, 3.05) is 26.6 Å². The number of nitrogens with one attached hydrogen (secondary N) is 1. The SMILES string of the molecule is COC(=O)C(Nc1ccc(C#N)cc1)c1cc(OC)c(OC)cc1O. The number of methoxy groups -OCH3 is 3. The van der Waals surface area contributed by atoms with Crippen LogP contribution in [0.5, 0.6) is 17.2 Å². The highest BCUT2D eigenvalue weighted by Gasteiger charge is 2.26. The van der Waals surface area contributed by atoms with Crippen LogP contribution in [0.1, 0.15) is 17.2 Å². The molecule has 2 aromatic rings. The number of nitrogens with zero attached hydrogens (tertiary/aromatic N) is 1. The van der Waals surface area contributed by atoms with Crippen molar-refractivity contribution < 1.29 is 24.1 Å². The van der Waals surface area contributed by atoms with Gasteiger partial charge in [0.2, 0.25) is 0 Å². The zero-order valence-electron chi connectivity index (χ0n) is 14.1. The first-order chi connectivity index (χ1) is 12.0. The summed E-state index contributed by atoms with van der Waals surface area (Å²) >= 11 is 0. The van der Waals surface area contributed by atoms with Crippen molar-refractivity contribution in [2.45, 2.75) is 6.04 Å². The van der Waals surface area contributed by atoms with Crippen molar-refractivity contribution in [3.05, 3.63) is 47.5 Å². The van der Waals surface area contributed by atoms with Crippen LogP contribution in [0, 0.1) is 11.3 Å². The van der Waals surface area contributed by atoms with Gasteiger partial charge < -0.3 is 24.6 Å². The minimum Gasteiger partial charge on any atom is -0.507 e. The van der Waals surface area contributed by atoms with E-state index in [0.717, 1.165) is 0 Å². The maximum absolute atomic E-state index is 12.2. The molecule has 0 radical (unpaired) electrons. The Balaban J connectivity index is 2.43. The van der Waals surface area contributed by atoms with Gasteiger partial charge in [-0.15, -0.1) is 0 Å². The summed E-state index contributed by atoms with van der Waals surface area (Å²) in [7, 11) is 4.16. The number of nitriles is 1.